The normalized spacial score (nSPS) is 9.30. The number of carbonyl (C=O) groups excluding carboxylic acids is 1. The minimum Gasteiger partial charge on any atom is -0.492 e. The van der Waals surface area contributed by atoms with Crippen molar-refractivity contribution in [2.24, 2.45) is 0 Å². The molecular formula is C5H6N2O3. The van der Waals surface area contributed by atoms with Gasteiger partial charge in [0.15, 0.2) is 5.69 Å². The summed E-state index contributed by atoms with van der Waals surface area (Å²) in [6, 6.07) is 0. The van der Waals surface area contributed by atoms with Crippen molar-refractivity contribution in [2.45, 2.75) is 0 Å². The maximum Gasteiger partial charge on any atom is 0.360 e. The lowest BCUT2D eigenvalue weighted by Crippen LogP contribution is -2.01. The van der Waals surface area contributed by atoms with Gasteiger partial charge in [0.1, 0.15) is 0 Å². The standard InChI is InChI=1S/C5H6N2O3/c1-10-5(9)3-4(8)7-2-6-3/h2,8H,1H3,(H,6,7). The molecule has 1 aromatic heterocycles. The number of ether oxygens (including phenoxy) is 1. The van der Waals surface area contributed by atoms with Gasteiger partial charge in [-0.15, -0.1) is 0 Å². The van der Waals surface area contributed by atoms with E-state index in [2.05, 4.69) is 14.7 Å². The molecular weight excluding hydrogens is 136 g/mol. The van der Waals surface area contributed by atoms with Crippen molar-refractivity contribution < 1.29 is 14.6 Å². The highest BCUT2D eigenvalue weighted by molar-refractivity contribution is 5.89. The molecule has 0 fully saturated rings. The summed E-state index contributed by atoms with van der Waals surface area (Å²) in [6.07, 6.45) is 1.21. The average molecular weight is 142 g/mol. The molecule has 0 radical (unpaired) electrons. The van der Waals surface area contributed by atoms with Crippen molar-refractivity contribution in [1.82, 2.24) is 9.97 Å². The van der Waals surface area contributed by atoms with E-state index >= 15 is 0 Å². The Morgan fingerprint density at radius 3 is 3.00 bits per heavy atom. The number of H-pyrrole nitrogens is 1. The summed E-state index contributed by atoms with van der Waals surface area (Å²) in [5.41, 5.74) is -0.0255. The second kappa shape index (κ2) is 2.38. The van der Waals surface area contributed by atoms with Crippen LogP contribution in [0.5, 0.6) is 5.88 Å². The Hall–Kier alpha value is -1.52. The first kappa shape index (κ1) is 6.60. The molecule has 1 rings (SSSR count). The Bertz CT molecular complexity index is 243. The summed E-state index contributed by atoms with van der Waals surface area (Å²) in [7, 11) is 1.22. The van der Waals surface area contributed by atoms with Crippen LogP contribution < -0.4 is 0 Å². The van der Waals surface area contributed by atoms with E-state index in [9.17, 15) is 4.79 Å². The smallest absolute Gasteiger partial charge is 0.360 e. The van der Waals surface area contributed by atoms with Gasteiger partial charge in [0, 0.05) is 0 Å². The number of nitrogens with zero attached hydrogens (tertiary/aromatic N) is 1. The average Bonchev–Trinajstić information content (AvgIpc) is 2.34. The quantitative estimate of drug-likeness (QED) is 0.537. The fourth-order valence-corrected chi connectivity index (χ4v) is 0.539. The fourth-order valence-electron chi connectivity index (χ4n) is 0.539. The van der Waals surface area contributed by atoms with E-state index in [4.69, 9.17) is 5.11 Å². The fraction of sp³-hybridized carbons (Fsp3) is 0.200. The number of aromatic amines is 1. The van der Waals surface area contributed by atoms with Gasteiger partial charge < -0.3 is 14.8 Å². The Balaban J connectivity index is 2.93. The molecule has 2 N–H and O–H groups in total. The van der Waals surface area contributed by atoms with Crippen LogP contribution in [0.15, 0.2) is 6.33 Å². The van der Waals surface area contributed by atoms with E-state index < -0.39 is 5.97 Å². The lowest BCUT2D eigenvalue weighted by molar-refractivity contribution is 0.0591. The van der Waals surface area contributed by atoms with Crippen molar-refractivity contribution in [2.75, 3.05) is 7.11 Å². The molecule has 0 aliphatic carbocycles. The zero-order valence-electron chi connectivity index (χ0n) is 5.29. The highest BCUT2D eigenvalue weighted by atomic mass is 16.5. The number of hydrogen-bond acceptors (Lipinski definition) is 4. The maximum absolute atomic E-state index is 10.6. The van der Waals surface area contributed by atoms with Gasteiger partial charge in [0.25, 0.3) is 0 Å². The third-order valence-electron chi connectivity index (χ3n) is 1.01. The van der Waals surface area contributed by atoms with Crippen molar-refractivity contribution in [3.63, 3.8) is 0 Å². The minimum atomic E-state index is -0.630. The SMILES string of the molecule is COC(=O)c1[nH]cnc1O. The number of esters is 1. The van der Waals surface area contributed by atoms with Gasteiger partial charge in [0.05, 0.1) is 13.4 Å². The number of aromatic hydroxyl groups is 1. The molecule has 0 bridgehead atoms. The first-order valence-corrected chi connectivity index (χ1v) is 2.56. The van der Waals surface area contributed by atoms with E-state index in [1.807, 2.05) is 0 Å². The van der Waals surface area contributed by atoms with Crippen LogP contribution in [0, 0.1) is 0 Å². The van der Waals surface area contributed by atoms with E-state index in [1.165, 1.54) is 13.4 Å². The maximum atomic E-state index is 10.6. The molecule has 0 unspecified atom stereocenters. The van der Waals surface area contributed by atoms with E-state index in [-0.39, 0.29) is 11.6 Å². The van der Waals surface area contributed by atoms with Crippen LogP contribution in [0.25, 0.3) is 0 Å². The van der Waals surface area contributed by atoms with E-state index in [1.54, 1.807) is 0 Å². The molecule has 0 aliphatic rings. The Labute approximate surface area is 56.7 Å². The van der Waals surface area contributed by atoms with Crippen LogP contribution in [0.4, 0.5) is 0 Å². The Morgan fingerprint density at radius 1 is 1.90 bits per heavy atom. The lowest BCUT2D eigenvalue weighted by Gasteiger charge is -1.92. The second-order valence-electron chi connectivity index (χ2n) is 1.59. The molecule has 0 saturated heterocycles. The third kappa shape index (κ3) is 0.928. The molecule has 0 atom stereocenters. The van der Waals surface area contributed by atoms with Crippen molar-refractivity contribution >= 4 is 5.97 Å². The molecule has 54 valence electrons. The lowest BCUT2D eigenvalue weighted by atomic mass is 10.5. The monoisotopic (exact) mass is 142 g/mol. The highest BCUT2D eigenvalue weighted by Crippen LogP contribution is 2.09. The summed E-state index contributed by atoms with van der Waals surface area (Å²) in [5, 5.41) is 8.81. The summed E-state index contributed by atoms with van der Waals surface area (Å²) < 4.78 is 4.31. The van der Waals surface area contributed by atoms with Crippen molar-refractivity contribution in [1.29, 1.82) is 0 Å². The number of hydrogen-bond donors (Lipinski definition) is 2. The van der Waals surface area contributed by atoms with Crippen molar-refractivity contribution in [3.8, 4) is 5.88 Å². The van der Waals surface area contributed by atoms with Gasteiger partial charge in [-0.2, -0.15) is 0 Å². The van der Waals surface area contributed by atoms with E-state index in [0.29, 0.717) is 0 Å². The van der Waals surface area contributed by atoms with Crippen molar-refractivity contribution in [3.05, 3.63) is 12.0 Å². The molecule has 1 heterocycles. The first-order chi connectivity index (χ1) is 4.75. The van der Waals surface area contributed by atoms with Gasteiger partial charge >= 0.3 is 5.97 Å². The number of rotatable bonds is 1. The number of imidazole rings is 1. The van der Waals surface area contributed by atoms with Crippen LogP contribution in [0.2, 0.25) is 0 Å². The number of carbonyl (C=O) groups is 1. The molecule has 0 spiro atoms. The predicted molar refractivity (Wildman–Crippen MR) is 31.6 cm³/mol. The van der Waals surface area contributed by atoms with Gasteiger partial charge in [-0.25, -0.2) is 9.78 Å². The summed E-state index contributed by atoms with van der Waals surface area (Å²) in [4.78, 5) is 16.4. The van der Waals surface area contributed by atoms with E-state index in [0.717, 1.165) is 0 Å². The van der Waals surface area contributed by atoms with Crippen LogP contribution >= 0.6 is 0 Å². The van der Waals surface area contributed by atoms with Crippen LogP contribution in [-0.4, -0.2) is 28.2 Å². The topological polar surface area (TPSA) is 75.2 Å². The third-order valence-corrected chi connectivity index (χ3v) is 1.01. The van der Waals surface area contributed by atoms with Gasteiger partial charge in [-0.05, 0) is 0 Å². The molecule has 0 aromatic carbocycles. The second-order valence-corrected chi connectivity index (χ2v) is 1.59. The number of methoxy groups -OCH3 is 1. The van der Waals surface area contributed by atoms with Gasteiger partial charge in [0.2, 0.25) is 5.88 Å². The molecule has 10 heavy (non-hydrogen) atoms. The summed E-state index contributed by atoms with van der Waals surface area (Å²) in [6.45, 7) is 0. The molecule has 5 heteroatoms. The molecule has 0 saturated carbocycles. The Kier molecular flexibility index (Phi) is 1.57. The summed E-state index contributed by atoms with van der Waals surface area (Å²) >= 11 is 0. The van der Waals surface area contributed by atoms with Gasteiger partial charge in [-0.1, -0.05) is 0 Å². The Morgan fingerprint density at radius 2 is 2.60 bits per heavy atom. The molecule has 1 aromatic rings. The predicted octanol–water partition coefficient (Wildman–Crippen LogP) is -0.0981. The van der Waals surface area contributed by atoms with Crippen LogP contribution in [0.1, 0.15) is 10.5 Å². The number of nitrogens with one attached hydrogen (secondary N) is 1. The first-order valence-electron chi connectivity index (χ1n) is 2.56. The highest BCUT2D eigenvalue weighted by Gasteiger charge is 2.12. The number of aromatic nitrogens is 2. The summed E-state index contributed by atoms with van der Waals surface area (Å²) in [5.74, 6) is -0.971. The molecule has 5 nitrogen and oxygen atoms in total. The molecule has 0 aliphatic heterocycles. The zero-order chi connectivity index (χ0) is 7.56. The van der Waals surface area contributed by atoms with Crippen LogP contribution in [-0.2, 0) is 4.74 Å². The zero-order valence-corrected chi connectivity index (χ0v) is 5.29. The largest absolute Gasteiger partial charge is 0.492 e. The molecule has 0 amide bonds. The minimum absolute atomic E-state index is 0.0255. The van der Waals surface area contributed by atoms with Crippen LogP contribution in [0.3, 0.4) is 0 Å². The van der Waals surface area contributed by atoms with Gasteiger partial charge in [-0.3, -0.25) is 0 Å².